The van der Waals surface area contributed by atoms with Crippen LogP contribution >= 0.6 is 0 Å². The molecule has 0 aliphatic rings. The van der Waals surface area contributed by atoms with Crippen LogP contribution in [0.25, 0.3) is 0 Å². The maximum absolute atomic E-state index is 8.28. The Kier molecular flexibility index (Phi) is 67.9. The van der Waals surface area contributed by atoms with Gasteiger partial charge >= 0.3 is 20.0 Å². The van der Waals surface area contributed by atoms with Gasteiger partial charge in [0.15, 0.2) is 0 Å². The van der Waals surface area contributed by atoms with Gasteiger partial charge in [-0.2, -0.15) is 0 Å². The van der Waals surface area contributed by atoms with Crippen molar-refractivity contribution in [1.29, 1.82) is 0 Å². The van der Waals surface area contributed by atoms with Crippen LogP contribution in [0, 0.1) is 39.9 Å². The Hall–Kier alpha value is 2.76. The van der Waals surface area contributed by atoms with Crippen molar-refractivity contribution in [1.82, 2.24) is 0 Å². The zero-order valence-electron chi connectivity index (χ0n) is 2.05. The molecule has 0 aliphatic heterocycles. The standard InChI is InChI=1S/Al.Gd.O.Y.H. The first kappa shape index (κ1) is 15.9. The fourth-order valence-electron chi connectivity index (χ4n) is 0. The molecule has 4 heteroatoms. The smallest absolute Gasteiger partial charge is 0 e. The monoisotopic (exact) mass is 291 g/mol. The summed E-state index contributed by atoms with van der Waals surface area (Å²) in [7, 11) is 0. The molecule has 0 aromatic carbocycles. The van der Waals surface area contributed by atoms with Crippen molar-refractivity contribution < 1.29 is 76.5 Å². The summed E-state index contributed by atoms with van der Waals surface area (Å²) >= 11 is 0.611. The van der Waals surface area contributed by atoms with Gasteiger partial charge in [0.2, 0.25) is 0 Å². The summed E-state index contributed by atoms with van der Waals surface area (Å²) in [5.41, 5.74) is 0. The van der Waals surface area contributed by atoms with Crippen LogP contribution in [0.1, 0.15) is 0 Å². The molecular formula is HAlGdOY. The van der Waals surface area contributed by atoms with Crippen LogP contribution in [0.15, 0.2) is 0 Å². The van der Waals surface area contributed by atoms with E-state index in [-0.39, 0.29) is 72.6 Å². The third-order valence-electron chi connectivity index (χ3n) is 0. The molecule has 0 spiro atoms. The SMILES string of the molecule is [Gd].[O]=[AlH].[Y]. The Morgan fingerprint density at radius 1 is 1.25 bits per heavy atom. The maximum atomic E-state index is 8.28. The molecule has 0 saturated heterocycles. The van der Waals surface area contributed by atoms with E-state index >= 15 is 0 Å². The van der Waals surface area contributed by atoms with Crippen LogP contribution in [0.2, 0.25) is 0 Å². The molecule has 0 heterocycles. The zero-order valence-corrected chi connectivity index (χ0v) is 8.57. The Balaban J connectivity index is -0.00000000500. The van der Waals surface area contributed by atoms with Gasteiger partial charge in [-0.25, -0.2) is 0 Å². The summed E-state index contributed by atoms with van der Waals surface area (Å²) < 4.78 is 8.28. The van der Waals surface area contributed by atoms with Crippen LogP contribution < -0.4 is 0 Å². The second-order valence-corrected chi connectivity index (χ2v) is 0. The van der Waals surface area contributed by atoms with Crippen molar-refractivity contribution >= 4 is 16.2 Å². The van der Waals surface area contributed by atoms with Gasteiger partial charge in [0.25, 0.3) is 0 Å². The first-order valence-electron chi connectivity index (χ1n) is 0.289. The van der Waals surface area contributed by atoms with Gasteiger partial charge in [0, 0.05) is 72.6 Å². The van der Waals surface area contributed by atoms with Gasteiger partial charge in [-0.3, -0.25) is 0 Å². The van der Waals surface area contributed by atoms with Crippen molar-refractivity contribution in [2.75, 3.05) is 0 Å². The van der Waals surface area contributed by atoms with Gasteiger partial charge in [-0.1, -0.05) is 0 Å². The van der Waals surface area contributed by atoms with Crippen LogP contribution in [-0.4, -0.2) is 16.2 Å². The third-order valence-corrected chi connectivity index (χ3v) is 0. The Morgan fingerprint density at radius 2 is 1.25 bits per heavy atom. The quantitative estimate of drug-likeness (QED) is 0.536. The van der Waals surface area contributed by atoms with E-state index in [1.807, 2.05) is 0 Å². The molecular weight excluding hydrogens is 289 g/mol. The largest absolute Gasteiger partial charge is 0 e. The van der Waals surface area contributed by atoms with Crippen LogP contribution in [0.5, 0.6) is 0 Å². The van der Waals surface area contributed by atoms with Crippen molar-refractivity contribution in [3.63, 3.8) is 0 Å². The molecule has 0 atom stereocenters. The predicted octanol–water partition coefficient (Wildman–Crippen LogP) is -0.770. The molecule has 1 nitrogen and oxygen atoms in total. The van der Waals surface area contributed by atoms with Crippen molar-refractivity contribution in [2.45, 2.75) is 0 Å². The van der Waals surface area contributed by atoms with Crippen molar-refractivity contribution in [3.05, 3.63) is 0 Å². The summed E-state index contributed by atoms with van der Waals surface area (Å²) in [6, 6.07) is 0. The molecule has 0 amide bonds. The molecule has 0 unspecified atom stereocenters. The van der Waals surface area contributed by atoms with Gasteiger partial charge in [-0.05, 0) is 0 Å². The fourth-order valence-corrected chi connectivity index (χ4v) is 0. The van der Waals surface area contributed by atoms with Crippen LogP contribution in [0.3, 0.4) is 0 Å². The first-order chi connectivity index (χ1) is 1.00. The van der Waals surface area contributed by atoms with E-state index in [0.717, 1.165) is 0 Å². The summed E-state index contributed by atoms with van der Waals surface area (Å²) in [5, 5.41) is 0. The summed E-state index contributed by atoms with van der Waals surface area (Å²) in [6.07, 6.45) is 0. The molecule has 0 rings (SSSR count). The van der Waals surface area contributed by atoms with Gasteiger partial charge in [0.1, 0.15) is 0 Å². The minimum atomic E-state index is 0. The van der Waals surface area contributed by atoms with E-state index < -0.39 is 0 Å². The number of hydrogen-bond acceptors (Lipinski definition) is 1. The summed E-state index contributed by atoms with van der Waals surface area (Å²) in [5.74, 6) is 0. The van der Waals surface area contributed by atoms with Crippen molar-refractivity contribution in [2.24, 2.45) is 0 Å². The second kappa shape index (κ2) is 17.1. The van der Waals surface area contributed by atoms with E-state index in [2.05, 4.69) is 0 Å². The van der Waals surface area contributed by atoms with Gasteiger partial charge < -0.3 is 0 Å². The first-order valence-corrected chi connectivity index (χ1v) is 0.866. The van der Waals surface area contributed by atoms with Crippen LogP contribution in [-0.2, 0) is 36.5 Å². The molecule has 0 fully saturated rings. The van der Waals surface area contributed by atoms with E-state index in [1.54, 1.807) is 0 Å². The number of hydrogen-bond donors (Lipinski definition) is 0. The molecule has 21 valence electrons. The van der Waals surface area contributed by atoms with Crippen LogP contribution in [0.4, 0.5) is 0 Å². The molecule has 0 N–H and O–H groups in total. The third kappa shape index (κ3) is 8.83. The molecule has 1 radical (unpaired) electrons. The fraction of sp³-hybridized carbons (Fsp3) is 0. The van der Waals surface area contributed by atoms with Crippen molar-refractivity contribution in [3.8, 4) is 0 Å². The van der Waals surface area contributed by atoms with E-state index in [1.165, 1.54) is 0 Å². The minimum Gasteiger partial charge on any atom is 0 e. The second-order valence-electron chi connectivity index (χ2n) is 0. The maximum Gasteiger partial charge on any atom is 0 e. The summed E-state index contributed by atoms with van der Waals surface area (Å²) in [6.45, 7) is 0. The normalized spacial score (nSPS) is 0.750. The molecule has 4 heavy (non-hydrogen) atoms. The molecule has 0 aromatic rings. The predicted molar refractivity (Wildman–Crippen MR) is 7.84 cm³/mol. The molecule has 0 saturated carbocycles. The molecule has 0 aromatic heterocycles. The van der Waals surface area contributed by atoms with E-state index in [0.29, 0.717) is 16.2 Å². The Morgan fingerprint density at radius 3 is 1.25 bits per heavy atom. The minimum absolute atomic E-state index is 0. The number of rotatable bonds is 0. The van der Waals surface area contributed by atoms with E-state index in [9.17, 15) is 0 Å². The average Bonchev–Trinajstić information content (AvgIpc) is 1.00. The Bertz CT molecular complexity index is 8.00. The Labute approximate surface area is 90.5 Å². The van der Waals surface area contributed by atoms with Gasteiger partial charge in [0.05, 0.1) is 0 Å². The molecule has 0 aliphatic carbocycles. The van der Waals surface area contributed by atoms with E-state index in [4.69, 9.17) is 3.80 Å². The average molecular weight is 290 g/mol. The zero-order chi connectivity index (χ0) is 2.00. The topological polar surface area (TPSA) is 17.1 Å². The van der Waals surface area contributed by atoms with Gasteiger partial charge in [-0.15, -0.1) is 0 Å². The summed E-state index contributed by atoms with van der Waals surface area (Å²) in [4.78, 5) is 0. The molecule has 0 bridgehead atoms.